The van der Waals surface area contributed by atoms with Gasteiger partial charge in [0.2, 0.25) is 0 Å². The van der Waals surface area contributed by atoms with Gasteiger partial charge in [-0.15, -0.1) is 11.3 Å². The SMILES string of the molecule is Cc1ccc(CNC(C)c2cccc3ccccc23)s1. The molecule has 0 aliphatic rings. The van der Waals surface area contributed by atoms with Crippen molar-refractivity contribution in [2.45, 2.75) is 26.4 Å². The number of fused-ring (bicyclic) bond motifs is 1. The summed E-state index contributed by atoms with van der Waals surface area (Å²) < 4.78 is 0. The Balaban J connectivity index is 1.80. The van der Waals surface area contributed by atoms with E-state index in [4.69, 9.17) is 0 Å². The number of benzene rings is 2. The van der Waals surface area contributed by atoms with E-state index in [1.807, 2.05) is 11.3 Å². The highest BCUT2D eigenvalue weighted by atomic mass is 32.1. The predicted molar refractivity (Wildman–Crippen MR) is 88.3 cm³/mol. The van der Waals surface area contributed by atoms with Gasteiger partial charge in [0.05, 0.1) is 0 Å². The second-order valence-corrected chi connectivity index (χ2v) is 6.56. The second-order valence-electron chi connectivity index (χ2n) is 5.18. The average molecular weight is 281 g/mol. The van der Waals surface area contributed by atoms with Gasteiger partial charge in [0.1, 0.15) is 0 Å². The molecule has 20 heavy (non-hydrogen) atoms. The summed E-state index contributed by atoms with van der Waals surface area (Å²) in [7, 11) is 0. The molecule has 0 fully saturated rings. The van der Waals surface area contributed by atoms with E-state index in [1.165, 1.54) is 26.1 Å². The summed E-state index contributed by atoms with van der Waals surface area (Å²) in [5.74, 6) is 0. The molecule has 3 aromatic rings. The number of hydrogen-bond donors (Lipinski definition) is 1. The van der Waals surface area contributed by atoms with Crippen LogP contribution >= 0.6 is 11.3 Å². The van der Waals surface area contributed by atoms with E-state index < -0.39 is 0 Å². The van der Waals surface area contributed by atoms with Crippen LogP contribution in [0.15, 0.2) is 54.6 Å². The van der Waals surface area contributed by atoms with Gasteiger partial charge in [-0.2, -0.15) is 0 Å². The van der Waals surface area contributed by atoms with Gasteiger partial charge in [0, 0.05) is 22.3 Å². The van der Waals surface area contributed by atoms with Crippen LogP contribution in [0.3, 0.4) is 0 Å². The molecule has 0 saturated heterocycles. The molecular formula is C18H19NS. The van der Waals surface area contributed by atoms with Crippen LogP contribution in [-0.2, 0) is 6.54 Å². The molecule has 1 nitrogen and oxygen atoms in total. The van der Waals surface area contributed by atoms with Gasteiger partial charge >= 0.3 is 0 Å². The molecule has 0 aliphatic heterocycles. The standard InChI is InChI=1S/C18H19NS/c1-13-10-11-16(20-13)12-19-14(2)17-9-5-7-15-6-3-4-8-18(15)17/h3-11,14,19H,12H2,1-2H3. The molecule has 1 N–H and O–H groups in total. The average Bonchev–Trinajstić information content (AvgIpc) is 2.90. The largest absolute Gasteiger partial charge is 0.305 e. The van der Waals surface area contributed by atoms with E-state index in [-0.39, 0.29) is 0 Å². The van der Waals surface area contributed by atoms with Crippen LogP contribution < -0.4 is 5.32 Å². The summed E-state index contributed by atoms with van der Waals surface area (Å²) in [6.07, 6.45) is 0. The molecule has 0 aliphatic carbocycles. The molecule has 0 bridgehead atoms. The first-order valence-corrected chi connectivity index (χ1v) is 7.82. The van der Waals surface area contributed by atoms with Crippen molar-refractivity contribution in [3.05, 3.63) is 69.9 Å². The molecule has 2 heteroatoms. The lowest BCUT2D eigenvalue weighted by Gasteiger charge is -2.16. The van der Waals surface area contributed by atoms with Crippen LogP contribution in [0.4, 0.5) is 0 Å². The minimum absolute atomic E-state index is 0.350. The van der Waals surface area contributed by atoms with Gasteiger partial charge in [0.25, 0.3) is 0 Å². The van der Waals surface area contributed by atoms with Crippen LogP contribution in [0.1, 0.15) is 28.3 Å². The molecule has 0 amide bonds. The van der Waals surface area contributed by atoms with Crippen molar-refractivity contribution in [2.24, 2.45) is 0 Å². The lowest BCUT2D eigenvalue weighted by atomic mass is 10.00. The molecule has 2 aromatic carbocycles. The third-order valence-corrected chi connectivity index (χ3v) is 4.67. The van der Waals surface area contributed by atoms with Crippen molar-refractivity contribution in [2.75, 3.05) is 0 Å². The minimum Gasteiger partial charge on any atom is -0.305 e. The zero-order valence-corrected chi connectivity index (χ0v) is 12.7. The fourth-order valence-corrected chi connectivity index (χ4v) is 3.41. The summed E-state index contributed by atoms with van der Waals surface area (Å²) in [5.41, 5.74) is 1.37. The number of nitrogens with one attached hydrogen (secondary N) is 1. The van der Waals surface area contributed by atoms with Crippen LogP contribution in [-0.4, -0.2) is 0 Å². The molecule has 1 aromatic heterocycles. The molecule has 0 radical (unpaired) electrons. The van der Waals surface area contributed by atoms with Crippen molar-refractivity contribution in [1.82, 2.24) is 5.32 Å². The Bertz CT molecular complexity index is 709. The van der Waals surface area contributed by atoms with Crippen molar-refractivity contribution >= 4 is 22.1 Å². The van der Waals surface area contributed by atoms with Crippen molar-refractivity contribution in [3.8, 4) is 0 Å². The molecule has 102 valence electrons. The van der Waals surface area contributed by atoms with Crippen molar-refractivity contribution < 1.29 is 0 Å². The highest BCUT2D eigenvalue weighted by Gasteiger charge is 2.08. The maximum atomic E-state index is 3.63. The third kappa shape index (κ3) is 2.77. The monoisotopic (exact) mass is 281 g/mol. The van der Waals surface area contributed by atoms with Crippen LogP contribution in [0.2, 0.25) is 0 Å². The van der Waals surface area contributed by atoms with Gasteiger partial charge in [-0.1, -0.05) is 42.5 Å². The van der Waals surface area contributed by atoms with Crippen LogP contribution in [0, 0.1) is 6.92 Å². The fraction of sp³-hybridized carbons (Fsp3) is 0.222. The van der Waals surface area contributed by atoms with Gasteiger partial charge < -0.3 is 5.32 Å². The Labute approximate surface area is 124 Å². The summed E-state index contributed by atoms with van der Waals surface area (Å²) in [6, 6.07) is 19.9. The first-order valence-electron chi connectivity index (χ1n) is 7.00. The molecule has 1 heterocycles. The minimum atomic E-state index is 0.350. The highest BCUT2D eigenvalue weighted by Crippen LogP contribution is 2.24. The van der Waals surface area contributed by atoms with E-state index >= 15 is 0 Å². The van der Waals surface area contributed by atoms with E-state index in [1.54, 1.807) is 0 Å². The lowest BCUT2D eigenvalue weighted by Crippen LogP contribution is -2.17. The second kappa shape index (κ2) is 5.78. The molecule has 3 rings (SSSR count). The first-order chi connectivity index (χ1) is 9.74. The Kier molecular flexibility index (Phi) is 3.86. The molecular weight excluding hydrogens is 262 g/mol. The van der Waals surface area contributed by atoms with Gasteiger partial charge in [-0.3, -0.25) is 0 Å². The summed E-state index contributed by atoms with van der Waals surface area (Å²) in [5, 5.41) is 6.29. The zero-order chi connectivity index (χ0) is 13.9. The predicted octanol–water partition coefficient (Wildman–Crippen LogP) is 5.06. The van der Waals surface area contributed by atoms with E-state index in [9.17, 15) is 0 Å². The van der Waals surface area contributed by atoms with Crippen molar-refractivity contribution in [1.29, 1.82) is 0 Å². The number of aryl methyl sites for hydroxylation is 1. The Morgan fingerprint density at radius 1 is 1.00 bits per heavy atom. The molecule has 1 atom stereocenters. The quantitative estimate of drug-likeness (QED) is 0.704. The normalized spacial score (nSPS) is 12.7. The van der Waals surface area contributed by atoms with E-state index in [0.29, 0.717) is 6.04 Å². The number of hydrogen-bond acceptors (Lipinski definition) is 2. The highest BCUT2D eigenvalue weighted by molar-refractivity contribution is 7.11. The molecule has 1 unspecified atom stereocenters. The smallest absolute Gasteiger partial charge is 0.0305 e. The summed E-state index contributed by atoms with van der Waals surface area (Å²) in [4.78, 5) is 2.77. The van der Waals surface area contributed by atoms with Crippen LogP contribution in [0.25, 0.3) is 10.8 Å². The van der Waals surface area contributed by atoms with E-state index in [0.717, 1.165) is 6.54 Å². The Morgan fingerprint density at radius 3 is 2.60 bits per heavy atom. The van der Waals surface area contributed by atoms with E-state index in [2.05, 4.69) is 73.8 Å². The lowest BCUT2D eigenvalue weighted by molar-refractivity contribution is 0.582. The molecule has 0 spiro atoms. The summed E-state index contributed by atoms with van der Waals surface area (Å²) in [6.45, 7) is 5.33. The maximum Gasteiger partial charge on any atom is 0.0305 e. The maximum absolute atomic E-state index is 3.63. The topological polar surface area (TPSA) is 12.0 Å². The Morgan fingerprint density at radius 2 is 1.80 bits per heavy atom. The zero-order valence-electron chi connectivity index (χ0n) is 11.9. The van der Waals surface area contributed by atoms with Gasteiger partial charge in [-0.25, -0.2) is 0 Å². The third-order valence-electron chi connectivity index (χ3n) is 3.67. The first kappa shape index (κ1) is 13.3. The molecule has 0 saturated carbocycles. The van der Waals surface area contributed by atoms with Gasteiger partial charge in [-0.05, 0) is 42.3 Å². The fourth-order valence-electron chi connectivity index (χ4n) is 2.57. The van der Waals surface area contributed by atoms with Crippen molar-refractivity contribution in [3.63, 3.8) is 0 Å². The van der Waals surface area contributed by atoms with Gasteiger partial charge in [0.15, 0.2) is 0 Å². The van der Waals surface area contributed by atoms with Crippen LogP contribution in [0.5, 0.6) is 0 Å². The number of rotatable bonds is 4. The summed E-state index contributed by atoms with van der Waals surface area (Å²) >= 11 is 1.87. The number of thiophene rings is 1. The Hall–Kier alpha value is -1.64.